The van der Waals surface area contributed by atoms with E-state index in [0.717, 1.165) is 26.7 Å². The molecule has 2 N–H and O–H groups in total. The molecule has 28 heavy (non-hydrogen) atoms. The molecule has 0 spiro atoms. The fourth-order valence-corrected chi connectivity index (χ4v) is 3.66. The van der Waals surface area contributed by atoms with E-state index < -0.39 is 11.8 Å². The zero-order chi connectivity index (χ0) is 20.1. The molecule has 0 bridgehead atoms. The molecule has 1 aromatic heterocycles. The van der Waals surface area contributed by atoms with Crippen molar-refractivity contribution < 1.29 is 14.0 Å². The Morgan fingerprint density at radius 2 is 1.82 bits per heavy atom. The van der Waals surface area contributed by atoms with Crippen molar-refractivity contribution in [3.05, 3.63) is 70.5 Å². The van der Waals surface area contributed by atoms with Crippen LogP contribution in [0, 0.1) is 19.7 Å². The van der Waals surface area contributed by atoms with E-state index in [0.29, 0.717) is 18.7 Å². The van der Waals surface area contributed by atoms with Crippen molar-refractivity contribution in [2.45, 2.75) is 20.3 Å². The van der Waals surface area contributed by atoms with Gasteiger partial charge in [-0.25, -0.2) is 9.37 Å². The first-order chi connectivity index (χ1) is 13.4. The molecule has 3 aromatic rings. The lowest BCUT2D eigenvalue weighted by Crippen LogP contribution is -2.36. The van der Waals surface area contributed by atoms with Gasteiger partial charge in [0, 0.05) is 29.1 Å². The van der Waals surface area contributed by atoms with Gasteiger partial charge in [-0.1, -0.05) is 29.8 Å². The van der Waals surface area contributed by atoms with E-state index in [1.165, 1.54) is 23.5 Å². The van der Waals surface area contributed by atoms with Crippen molar-refractivity contribution in [1.82, 2.24) is 10.3 Å². The third-order valence-corrected chi connectivity index (χ3v) is 5.38. The summed E-state index contributed by atoms with van der Waals surface area (Å²) < 4.78 is 13.4. The van der Waals surface area contributed by atoms with Crippen molar-refractivity contribution in [3.63, 3.8) is 0 Å². The third kappa shape index (κ3) is 5.01. The summed E-state index contributed by atoms with van der Waals surface area (Å²) >= 11 is 1.46. The summed E-state index contributed by atoms with van der Waals surface area (Å²) in [6.45, 7) is 4.13. The number of carbonyl (C=O) groups is 2. The number of thiazole rings is 1. The van der Waals surface area contributed by atoms with Crippen LogP contribution in [0.1, 0.15) is 16.1 Å². The maximum atomic E-state index is 13.4. The summed E-state index contributed by atoms with van der Waals surface area (Å²) in [6, 6.07) is 13.5. The van der Waals surface area contributed by atoms with Gasteiger partial charge in [0.2, 0.25) is 0 Å². The molecule has 2 amide bonds. The summed E-state index contributed by atoms with van der Waals surface area (Å²) in [5.74, 6) is -1.70. The molecule has 1 heterocycles. The Labute approximate surface area is 166 Å². The first-order valence-electron chi connectivity index (χ1n) is 8.80. The summed E-state index contributed by atoms with van der Waals surface area (Å²) in [5, 5.41) is 5.91. The molecule has 0 aliphatic rings. The highest BCUT2D eigenvalue weighted by molar-refractivity contribution is 7.15. The number of hydrogen-bond donors (Lipinski definition) is 2. The molecule has 0 unspecified atom stereocenters. The minimum atomic E-state index is -0.703. The highest BCUT2D eigenvalue weighted by atomic mass is 32.1. The minimum absolute atomic E-state index is 0.307. The predicted molar refractivity (Wildman–Crippen MR) is 109 cm³/mol. The largest absolute Gasteiger partial charge is 0.347 e. The van der Waals surface area contributed by atoms with Gasteiger partial charge < -0.3 is 10.6 Å². The Hall–Kier alpha value is -3.06. The van der Waals surface area contributed by atoms with Crippen molar-refractivity contribution >= 4 is 28.8 Å². The van der Waals surface area contributed by atoms with Crippen molar-refractivity contribution in [1.29, 1.82) is 0 Å². The van der Waals surface area contributed by atoms with Gasteiger partial charge in [-0.05, 0) is 38.1 Å². The van der Waals surface area contributed by atoms with Gasteiger partial charge in [-0.2, -0.15) is 0 Å². The van der Waals surface area contributed by atoms with Crippen LogP contribution in [0.3, 0.4) is 0 Å². The number of rotatable bonds is 5. The van der Waals surface area contributed by atoms with Gasteiger partial charge in [0.25, 0.3) is 0 Å². The second kappa shape index (κ2) is 8.75. The number of carbonyl (C=O) groups excluding carboxylic acids is 2. The van der Waals surface area contributed by atoms with Crippen LogP contribution in [0.2, 0.25) is 0 Å². The highest BCUT2D eigenvalue weighted by Gasteiger charge is 2.14. The number of aryl methyl sites for hydroxylation is 2. The molecular weight excluding hydrogens is 377 g/mol. The van der Waals surface area contributed by atoms with E-state index >= 15 is 0 Å². The second-order valence-corrected chi connectivity index (χ2v) is 7.45. The van der Waals surface area contributed by atoms with E-state index in [2.05, 4.69) is 15.6 Å². The number of amides is 2. The number of nitrogens with zero attached hydrogens (tertiary/aromatic N) is 1. The normalized spacial score (nSPS) is 10.5. The first-order valence-corrected chi connectivity index (χ1v) is 9.62. The van der Waals surface area contributed by atoms with Crippen LogP contribution >= 0.6 is 11.3 Å². The molecule has 5 nitrogen and oxygen atoms in total. The average Bonchev–Trinajstić information content (AvgIpc) is 3.04. The quantitative estimate of drug-likeness (QED) is 0.642. The van der Waals surface area contributed by atoms with Gasteiger partial charge in [0.05, 0.1) is 5.69 Å². The Balaban J connectivity index is 1.54. The molecule has 0 fully saturated rings. The molecule has 2 aromatic carbocycles. The van der Waals surface area contributed by atoms with Crippen molar-refractivity contribution in [2.24, 2.45) is 0 Å². The molecule has 0 atom stereocenters. The molecule has 0 aliphatic heterocycles. The standard InChI is InChI=1S/C21H20FN3O2S/c1-13-6-8-17(9-7-13)25-20(27)19(26)23-11-10-18-14(2)24-21(28-18)15-4-3-5-16(22)12-15/h3-9,12H,10-11H2,1-2H3,(H,23,26)(H,25,27). The fourth-order valence-electron chi connectivity index (χ4n) is 2.60. The van der Waals surface area contributed by atoms with Crippen LogP contribution in [0.5, 0.6) is 0 Å². The van der Waals surface area contributed by atoms with Crippen LogP contribution in [0.25, 0.3) is 10.6 Å². The summed E-state index contributed by atoms with van der Waals surface area (Å²) in [7, 11) is 0. The van der Waals surface area contributed by atoms with Crippen LogP contribution < -0.4 is 10.6 Å². The SMILES string of the molecule is Cc1ccc(NC(=O)C(=O)NCCc2sc(-c3cccc(F)c3)nc2C)cc1. The molecule has 0 saturated heterocycles. The monoisotopic (exact) mass is 397 g/mol. The van der Waals surface area contributed by atoms with Crippen molar-refractivity contribution in [3.8, 4) is 10.6 Å². The zero-order valence-electron chi connectivity index (χ0n) is 15.6. The predicted octanol–water partition coefficient (Wildman–Crippen LogP) is 3.86. The lowest BCUT2D eigenvalue weighted by molar-refractivity contribution is -0.136. The Bertz CT molecular complexity index is 999. The number of benzene rings is 2. The first kappa shape index (κ1) is 19.7. The van der Waals surface area contributed by atoms with Crippen molar-refractivity contribution in [2.75, 3.05) is 11.9 Å². The molecule has 0 aliphatic carbocycles. The smallest absolute Gasteiger partial charge is 0.313 e. The van der Waals surface area contributed by atoms with Gasteiger partial charge >= 0.3 is 11.8 Å². The maximum Gasteiger partial charge on any atom is 0.313 e. The Morgan fingerprint density at radius 1 is 1.07 bits per heavy atom. The fraction of sp³-hybridized carbons (Fsp3) is 0.190. The minimum Gasteiger partial charge on any atom is -0.347 e. The van der Waals surface area contributed by atoms with E-state index in [1.807, 2.05) is 32.0 Å². The van der Waals surface area contributed by atoms with E-state index in [4.69, 9.17) is 0 Å². The van der Waals surface area contributed by atoms with Crippen LogP contribution in [-0.4, -0.2) is 23.3 Å². The molecule has 3 rings (SSSR count). The Kier molecular flexibility index (Phi) is 6.16. The van der Waals surface area contributed by atoms with Gasteiger partial charge in [0.15, 0.2) is 0 Å². The zero-order valence-corrected chi connectivity index (χ0v) is 16.4. The molecule has 0 saturated carbocycles. The number of halogens is 1. The summed E-state index contributed by atoms with van der Waals surface area (Å²) in [4.78, 5) is 29.4. The summed E-state index contributed by atoms with van der Waals surface area (Å²) in [6.07, 6.45) is 0.544. The number of nitrogens with one attached hydrogen (secondary N) is 2. The number of anilines is 1. The highest BCUT2D eigenvalue weighted by Crippen LogP contribution is 2.28. The lowest BCUT2D eigenvalue weighted by Gasteiger charge is -2.06. The van der Waals surface area contributed by atoms with Crippen LogP contribution in [-0.2, 0) is 16.0 Å². The van der Waals surface area contributed by atoms with E-state index in [-0.39, 0.29) is 5.82 Å². The third-order valence-electron chi connectivity index (χ3n) is 4.12. The maximum absolute atomic E-state index is 13.4. The van der Waals surface area contributed by atoms with E-state index in [9.17, 15) is 14.0 Å². The topological polar surface area (TPSA) is 71.1 Å². The number of hydrogen-bond acceptors (Lipinski definition) is 4. The van der Waals surface area contributed by atoms with Gasteiger partial charge in [-0.3, -0.25) is 9.59 Å². The number of aromatic nitrogens is 1. The summed E-state index contributed by atoms with van der Waals surface area (Å²) in [5.41, 5.74) is 3.20. The Morgan fingerprint density at radius 3 is 2.54 bits per heavy atom. The molecular formula is C21H20FN3O2S. The van der Waals surface area contributed by atoms with Crippen LogP contribution in [0.15, 0.2) is 48.5 Å². The van der Waals surface area contributed by atoms with Gasteiger partial charge in [0.1, 0.15) is 10.8 Å². The molecule has 144 valence electrons. The average molecular weight is 397 g/mol. The van der Waals surface area contributed by atoms with E-state index in [1.54, 1.807) is 18.2 Å². The molecule has 0 radical (unpaired) electrons. The molecule has 7 heteroatoms. The van der Waals surface area contributed by atoms with Gasteiger partial charge in [-0.15, -0.1) is 11.3 Å². The lowest BCUT2D eigenvalue weighted by atomic mass is 10.2. The second-order valence-electron chi connectivity index (χ2n) is 6.36. The van der Waals surface area contributed by atoms with Crippen LogP contribution in [0.4, 0.5) is 10.1 Å².